The molecule has 0 amide bonds. The van der Waals surface area contributed by atoms with Crippen molar-refractivity contribution in [2.45, 2.75) is 6.92 Å². The first-order valence-corrected chi connectivity index (χ1v) is 7.67. The lowest BCUT2D eigenvalue weighted by Crippen LogP contribution is -2.10. The SMILES string of the molecule is CCOC(=O)/C(=C/Nc1ccccc1Br)c1ccc(Cl)nn1. The minimum atomic E-state index is -0.487. The smallest absolute Gasteiger partial charge is 0.341 e. The summed E-state index contributed by atoms with van der Waals surface area (Å²) in [5, 5.41) is 11.0. The molecule has 0 saturated heterocycles. The first-order valence-electron chi connectivity index (χ1n) is 6.49. The van der Waals surface area contributed by atoms with Crippen LogP contribution in [0.5, 0.6) is 0 Å². The normalized spacial score (nSPS) is 11.1. The highest BCUT2D eigenvalue weighted by Gasteiger charge is 2.15. The molecule has 2 rings (SSSR count). The monoisotopic (exact) mass is 381 g/mol. The van der Waals surface area contributed by atoms with Crippen molar-refractivity contribution in [2.24, 2.45) is 0 Å². The molecular weight excluding hydrogens is 370 g/mol. The van der Waals surface area contributed by atoms with Gasteiger partial charge in [-0.2, -0.15) is 0 Å². The van der Waals surface area contributed by atoms with Gasteiger partial charge in [-0.25, -0.2) is 4.79 Å². The molecule has 1 aromatic heterocycles. The number of benzene rings is 1. The molecule has 1 N–H and O–H groups in total. The van der Waals surface area contributed by atoms with Crippen LogP contribution in [0.25, 0.3) is 5.57 Å². The summed E-state index contributed by atoms with van der Waals surface area (Å²) in [7, 11) is 0. The second kappa shape index (κ2) is 7.91. The van der Waals surface area contributed by atoms with E-state index in [-0.39, 0.29) is 17.3 Å². The maximum Gasteiger partial charge on any atom is 0.341 e. The second-order valence-corrected chi connectivity index (χ2v) is 5.39. The fourth-order valence-corrected chi connectivity index (χ4v) is 2.13. The zero-order valence-corrected chi connectivity index (χ0v) is 14.1. The number of halogens is 2. The van der Waals surface area contributed by atoms with Gasteiger partial charge in [0.25, 0.3) is 0 Å². The van der Waals surface area contributed by atoms with Gasteiger partial charge < -0.3 is 10.1 Å². The molecule has 5 nitrogen and oxygen atoms in total. The van der Waals surface area contributed by atoms with E-state index in [9.17, 15) is 4.79 Å². The lowest BCUT2D eigenvalue weighted by Gasteiger charge is -2.08. The topological polar surface area (TPSA) is 64.1 Å². The summed E-state index contributed by atoms with van der Waals surface area (Å²) in [5.74, 6) is -0.487. The molecule has 0 spiro atoms. The summed E-state index contributed by atoms with van der Waals surface area (Å²) >= 11 is 9.15. The number of anilines is 1. The molecule has 0 fully saturated rings. The molecule has 1 aromatic carbocycles. The van der Waals surface area contributed by atoms with E-state index in [1.165, 1.54) is 6.20 Å². The van der Waals surface area contributed by atoms with Crippen LogP contribution >= 0.6 is 27.5 Å². The van der Waals surface area contributed by atoms with Gasteiger partial charge in [-0.15, -0.1) is 10.2 Å². The Morgan fingerprint density at radius 1 is 1.32 bits per heavy atom. The molecule has 22 heavy (non-hydrogen) atoms. The predicted octanol–water partition coefficient (Wildman–Crippen LogP) is 3.91. The molecule has 0 radical (unpaired) electrons. The zero-order valence-electron chi connectivity index (χ0n) is 11.7. The van der Waals surface area contributed by atoms with Gasteiger partial charge in [0.05, 0.1) is 12.3 Å². The van der Waals surface area contributed by atoms with Crippen molar-refractivity contribution >= 4 is 44.8 Å². The van der Waals surface area contributed by atoms with Crippen LogP contribution in [-0.4, -0.2) is 22.8 Å². The van der Waals surface area contributed by atoms with Gasteiger partial charge in [-0.1, -0.05) is 23.7 Å². The van der Waals surface area contributed by atoms with Gasteiger partial charge in [0.1, 0.15) is 11.3 Å². The van der Waals surface area contributed by atoms with Crippen molar-refractivity contribution in [3.63, 3.8) is 0 Å². The van der Waals surface area contributed by atoms with Crippen molar-refractivity contribution in [3.05, 3.63) is 57.9 Å². The van der Waals surface area contributed by atoms with E-state index in [1.807, 2.05) is 24.3 Å². The maximum absolute atomic E-state index is 12.1. The van der Waals surface area contributed by atoms with Crippen LogP contribution in [-0.2, 0) is 9.53 Å². The summed E-state index contributed by atoms with van der Waals surface area (Å²) in [6, 6.07) is 10.7. The predicted molar refractivity (Wildman–Crippen MR) is 89.4 cm³/mol. The van der Waals surface area contributed by atoms with E-state index in [1.54, 1.807) is 19.1 Å². The van der Waals surface area contributed by atoms with Crippen LogP contribution in [0.1, 0.15) is 12.6 Å². The largest absolute Gasteiger partial charge is 0.462 e. The quantitative estimate of drug-likeness (QED) is 0.627. The molecule has 0 unspecified atom stereocenters. The lowest BCUT2D eigenvalue weighted by atomic mass is 10.2. The van der Waals surface area contributed by atoms with Crippen molar-refractivity contribution in [2.75, 3.05) is 11.9 Å². The van der Waals surface area contributed by atoms with E-state index in [0.29, 0.717) is 5.69 Å². The van der Waals surface area contributed by atoms with Crippen molar-refractivity contribution in [1.82, 2.24) is 10.2 Å². The van der Waals surface area contributed by atoms with Gasteiger partial charge in [0.2, 0.25) is 0 Å². The summed E-state index contributed by atoms with van der Waals surface area (Å²) in [5.41, 5.74) is 1.45. The summed E-state index contributed by atoms with van der Waals surface area (Å²) in [6.07, 6.45) is 1.54. The lowest BCUT2D eigenvalue weighted by molar-refractivity contribution is -0.136. The third-order valence-corrected chi connectivity index (χ3v) is 3.54. The van der Waals surface area contributed by atoms with Crippen molar-refractivity contribution in [3.8, 4) is 0 Å². The molecule has 0 aliphatic carbocycles. The number of aromatic nitrogens is 2. The standard InChI is InChI=1S/C15H13BrClN3O2/c1-2-22-15(21)10(12-7-8-14(17)20-19-12)9-18-13-6-4-3-5-11(13)16/h3-9,18H,2H2,1H3/b10-9+. The van der Waals surface area contributed by atoms with Gasteiger partial charge >= 0.3 is 5.97 Å². The molecule has 0 atom stereocenters. The Balaban J connectivity index is 2.31. The molecular formula is C15H13BrClN3O2. The zero-order chi connectivity index (χ0) is 15.9. The number of nitrogens with zero attached hydrogens (tertiary/aromatic N) is 2. The number of hydrogen-bond donors (Lipinski definition) is 1. The number of esters is 1. The Hall–Kier alpha value is -1.92. The highest BCUT2D eigenvalue weighted by molar-refractivity contribution is 9.10. The molecule has 0 aliphatic rings. The van der Waals surface area contributed by atoms with Gasteiger partial charge in [-0.3, -0.25) is 0 Å². The number of carbonyl (C=O) groups is 1. The highest BCUT2D eigenvalue weighted by Crippen LogP contribution is 2.22. The first-order chi connectivity index (χ1) is 10.6. The van der Waals surface area contributed by atoms with Crippen molar-refractivity contribution < 1.29 is 9.53 Å². The van der Waals surface area contributed by atoms with Crippen LogP contribution in [0.15, 0.2) is 47.1 Å². The Morgan fingerprint density at radius 2 is 2.09 bits per heavy atom. The number of para-hydroxylation sites is 1. The first kappa shape index (κ1) is 16.5. The maximum atomic E-state index is 12.1. The summed E-state index contributed by atoms with van der Waals surface area (Å²) < 4.78 is 5.92. The number of ether oxygens (including phenoxy) is 1. The molecule has 0 saturated carbocycles. The Kier molecular flexibility index (Phi) is 5.91. The van der Waals surface area contributed by atoms with Crippen LogP contribution in [0, 0.1) is 0 Å². The fraction of sp³-hybridized carbons (Fsp3) is 0.133. The molecule has 0 bridgehead atoms. The Bertz CT molecular complexity index is 689. The van der Waals surface area contributed by atoms with Crippen LogP contribution < -0.4 is 5.32 Å². The van der Waals surface area contributed by atoms with Crippen LogP contribution in [0.3, 0.4) is 0 Å². The Labute approximate surface area is 141 Å². The number of carbonyl (C=O) groups excluding carboxylic acids is 1. The van der Waals surface area contributed by atoms with Crippen LogP contribution in [0.4, 0.5) is 5.69 Å². The minimum Gasteiger partial charge on any atom is -0.462 e. The third kappa shape index (κ3) is 4.29. The molecule has 1 heterocycles. The van der Waals surface area contributed by atoms with Crippen LogP contribution in [0.2, 0.25) is 5.15 Å². The van der Waals surface area contributed by atoms with E-state index < -0.39 is 5.97 Å². The van der Waals surface area contributed by atoms with Gasteiger partial charge in [0, 0.05) is 10.7 Å². The average molecular weight is 383 g/mol. The third-order valence-electron chi connectivity index (χ3n) is 2.65. The number of hydrogen-bond acceptors (Lipinski definition) is 5. The molecule has 0 aliphatic heterocycles. The van der Waals surface area contributed by atoms with E-state index in [2.05, 4.69) is 31.4 Å². The minimum absolute atomic E-state index is 0.255. The number of rotatable bonds is 5. The molecule has 2 aromatic rings. The molecule has 114 valence electrons. The second-order valence-electron chi connectivity index (χ2n) is 4.14. The van der Waals surface area contributed by atoms with E-state index >= 15 is 0 Å². The number of nitrogens with one attached hydrogen (secondary N) is 1. The average Bonchev–Trinajstić information content (AvgIpc) is 2.51. The van der Waals surface area contributed by atoms with Crippen molar-refractivity contribution in [1.29, 1.82) is 0 Å². The van der Waals surface area contributed by atoms with E-state index in [0.717, 1.165) is 10.2 Å². The summed E-state index contributed by atoms with van der Waals surface area (Å²) in [4.78, 5) is 12.1. The fourth-order valence-electron chi connectivity index (χ4n) is 1.63. The van der Waals surface area contributed by atoms with Gasteiger partial charge in [0.15, 0.2) is 5.15 Å². The highest BCUT2D eigenvalue weighted by atomic mass is 79.9. The Morgan fingerprint density at radius 3 is 2.73 bits per heavy atom. The summed E-state index contributed by atoms with van der Waals surface area (Å²) in [6.45, 7) is 2.01. The van der Waals surface area contributed by atoms with Gasteiger partial charge in [-0.05, 0) is 47.1 Å². The molecule has 7 heteroatoms. The van der Waals surface area contributed by atoms with E-state index in [4.69, 9.17) is 16.3 Å².